The fourth-order valence-corrected chi connectivity index (χ4v) is 4.25. The van der Waals surface area contributed by atoms with Crippen molar-refractivity contribution in [2.75, 3.05) is 50.8 Å². The number of carbonyl (C=O) groups excluding carboxylic acids is 2. The molecule has 2 saturated heterocycles. The zero-order valence-corrected chi connectivity index (χ0v) is 16.0. The third-order valence-corrected chi connectivity index (χ3v) is 5.98. The van der Waals surface area contributed by atoms with E-state index in [2.05, 4.69) is 15.5 Å². The number of hydrogen-bond acceptors (Lipinski definition) is 5. The highest BCUT2D eigenvalue weighted by atomic mass is 32.2. The fraction of sp³-hybridized carbons (Fsp3) is 0.579. The summed E-state index contributed by atoms with van der Waals surface area (Å²) >= 11 is 1.92. The molecule has 2 heterocycles. The molecule has 6 nitrogen and oxygen atoms in total. The second-order valence-corrected chi connectivity index (χ2v) is 8.00. The minimum Gasteiger partial charge on any atom is -0.351 e. The van der Waals surface area contributed by atoms with E-state index in [0.29, 0.717) is 38.6 Å². The largest absolute Gasteiger partial charge is 0.351 e. The number of carbonyl (C=O) groups is 2. The summed E-state index contributed by atoms with van der Waals surface area (Å²) in [7, 11) is 0. The second-order valence-electron chi connectivity index (χ2n) is 6.85. The summed E-state index contributed by atoms with van der Waals surface area (Å²) in [5.41, 5.74) is 1.10. The van der Waals surface area contributed by atoms with E-state index in [1.165, 1.54) is 0 Å². The van der Waals surface area contributed by atoms with Crippen molar-refractivity contribution in [2.45, 2.75) is 19.0 Å². The van der Waals surface area contributed by atoms with Crippen LogP contribution in [0.3, 0.4) is 0 Å². The lowest BCUT2D eigenvalue weighted by Crippen LogP contribution is -2.52. The molecule has 0 aliphatic carbocycles. The topological polar surface area (TPSA) is 64.7 Å². The Morgan fingerprint density at radius 1 is 1.15 bits per heavy atom. The molecule has 0 saturated carbocycles. The molecule has 7 heteroatoms. The molecule has 142 valence electrons. The lowest BCUT2D eigenvalue weighted by atomic mass is 10.2. The standard InChI is InChI=1S/C19H28N4O2S/c24-18(21-13-16-4-2-1-3-5-16)14-22-7-9-23(10-8-22)19(25)12-17-15-26-11-6-20-17/h1-5,17,20H,6-15H2,(H,21,24). The molecule has 0 radical (unpaired) electrons. The first-order chi connectivity index (χ1) is 12.7. The van der Waals surface area contributed by atoms with Crippen molar-refractivity contribution in [3.05, 3.63) is 35.9 Å². The highest BCUT2D eigenvalue weighted by Crippen LogP contribution is 2.12. The molecule has 26 heavy (non-hydrogen) atoms. The SMILES string of the molecule is O=C(CN1CCN(C(=O)CC2CSCCN2)CC1)NCc1ccccc1. The molecule has 0 bridgehead atoms. The van der Waals surface area contributed by atoms with Gasteiger partial charge in [-0.3, -0.25) is 14.5 Å². The second kappa shape index (κ2) is 9.94. The minimum atomic E-state index is 0.0389. The molecule has 1 unspecified atom stereocenters. The minimum absolute atomic E-state index is 0.0389. The van der Waals surface area contributed by atoms with E-state index in [1.54, 1.807) is 0 Å². The van der Waals surface area contributed by atoms with Crippen molar-refractivity contribution in [1.29, 1.82) is 0 Å². The molecule has 2 N–H and O–H groups in total. The summed E-state index contributed by atoms with van der Waals surface area (Å²) in [4.78, 5) is 28.6. The van der Waals surface area contributed by atoms with Gasteiger partial charge in [0, 0.05) is 63.2 Å². The van der Waals surface area contributed by atoms with Crippen molar-refractivity contribution >= 4 is 23.6 Å². The van der Waals surface area contributed by atoms with Crippen LogP contribution in [-0.4, -0.2) is 78.4 Å². The summed E-state index contributed by atoms with van der Waals surface area (Å²) in [5.74, 6) is 2.43. The molecule has 1 aromatic rings. The van der Waals surface area contributed by atoms with Crippen molar-refractivity contribution in [2.24, 2.45) is 0 Å². The van der Waals surface area contributed by atoms with Crippen LogP contribution < -0.4 is 10.6 Å². The van der Waals surface area contributed by atoms with Gasteiger partial charge in [-0.25, -0.2) is 0 Å². The molecule has 2 aliphatic heterocycles. The Hall–Kier alpha value is -1.57. The number of thioether (sulfide) groups is 1. The van der Waals surface area contributed by atoms with Crippen LogP contribution >= 0.6 is 11.8 Å². The predicted octanol–water partition coefficient (Wildman–Crippen LogP) is 0.542. The lowest BCUT2D eigenvalue weighted by molar-refractivity contribution is -0.133. The Morgan fingerprint density at radius 3 is 2.62 bits per heavy atom. The smallest absolute Gasteiger partial charge is 0.234 e. The molecule has 2 amide bonds. The Labute approximate surface area is 159 Å². The van der Waals surface area contributed by atoms with Gasteiger partial charge in [0.1, 0.15) is 0 Å². The zero-order valence-electron chi connectivity index (χ0n) is 15.2. The Morgan fingerprint density at radius 2 is 1.92 bits per heavy atom. The Balaban J connectivity index is 1.34. The molecule has 1 aromatic carbocycles. The van der Waals surface area contributed by atoms with Gasteiger partial charge in [0.05, 0.1) is 6.54 Å². The van der Waals surface area contributed by atoms with E-state index in [9.17, 15) is 9.59 Å². The van der Waals surface area contributed by atoms with Crippen LogP contribution in [0.2, 0.25) is 0 Å². The highest BCUT2D eigenvalue weighted by molar-refractivity contribution is 7.99. The van der Waals surface area contributed by atoms with Crippen LogP contribution in [0.5, 0.6) is 0 Å². The molecular formula is C19H28N4O2S. The molecule has 2 aliphatic rings. The van der Waals surface area contributed by atoms with E-state index < -0.39 is 0 Å². The maximum Gasteiger partial charge on any atom is 0.234 e. The quantitative estimate of drug-likeness (QED) is 0.759. The Bertz CT molecular complexity index is 584. The van der Waals surface area contributed by atoms with Crippen LogP contribution in [0.4, 0.5) is 0 Å². The molecule has 0 aromatic heterocycles. The van der Waals surface area contributed by atoms with Crippen LogP contribution in [0.15, 0.2) is 30.3 Å². The first-order valence-corrected chi connectivity index (χ1v) is 10.5. The predicted molar refractivity (Wildman–Crippen MR) is 105 cm³/mol. The Kier molecular flexibility index (Phi) is 7.34. The van der Waals surface area contributed by atoms with E-state index in [0.717, 1.165) is 36.7 Å². The molecule has 3 rings (SSSR count). The van der Waals surface area contributed by atoms with Gasteiger partial charge in [0.2, 0.25) is 11.8 Å². The van der Waals surface area contributed by atoms with Gasteiger partial charge in [-0.05, 0) is 5.56 Å². The van der Waals surface area contributed by atoms with Gasteiger partial charge >= 0.3 is 0 Å². The van der Waals surface area contributed by atoms with Gasteiger partial charge < -0.3 is 15.5 Å². The lowest BCUT2D eigenvalue weighted by Gasteiger charge is -2.35. The van der Waals surface area contributed by atoms with Crippen LogP contribution in [0.1, 0.15) is 12.0 Å². The fourth-order valence-electron chi connectivity index (χ4n) is 3.30. The molecule has 0 spiro atoms. The van der Waals surface area contributed by atoms with E-state index >= 15 is 0 Å². The number of benzene rings is 1. The summed E-state index contributed by atoms with van der Waals surface area (Å²) in [6, 6.07) is 10.2. The van der Waals surface area contributed by atoms with Gasteiger partial charge in [-0.1, -0.05) is 30.3 Å². The molecular weight excluding hydrogens is 348 g/mol. The number of nitrogens with one attached hydrogen (secondary N) is 2. The van der Waals surface area contributed by atoms with E-state index in [1.807, 2.05) is 47.0 Å². The average molecular weight is 377 g/mol. The van der Waals surface area contributed by atoms with Gasteiger partial charge in [0.25, 0.3) is 0 Å². The zero-order chi connectivity index (χ0) is 18.2. The number of hydrogen-bond donors (Lipinski definition) is 2. The third kappa shape index (κ3) is 6.00. The number of nitrogens with zero attached hydrogens (tertiary/aromatic N) is 2. The van der Waals surface area contributed by atoms with Gasteiger partial charge in [-0.2, -0.15) is 11.8 Å². The van der Waals surface area contributed by atoms with Crippen LogP contribution in [0.25, 0.3) is 0 Å². The number of rotatable bonds is 6. The van der Waals surface area contributed by atoms with Crippen molar-refractivity contribution in [3.8, 4) is 0 Å². The monoisotopic (exact) mass is 376 g/mol. The van der Waals surface area contributed by atoms with Gasteiger partial charge in [-0.15, -0.1) is 0 Å². The maximum atomic E-state index is 12.4. The maximum absolute atomic E-state index is 12.4. The average Bonchev–Trinajstić information content (AvgIpc) is 2.68. The van der Waals surface area contributed by atoms with E-state index in [4.69, 9.17) is 0 Å². The highest BCUT2D eigenvalue weighted by Gasteiger charge is 2.25. The number of piperazine rings is 1. The summed E-state index contributed by atoms with van der Waals surface area (Å²) in [6.45, 7) is 4.90. The van der Waals surface area contributed by atoms with Crippen molar-refractivity contribution in [1.82, 2.24) is 20.4 Å². The normalized spacial score (nSPS) is 21.4. The number of amides is 2. The van der Waals surface area contributed by atoms with Crippen LogP contribution in [-0.2, 0) is 16.1 Å². The summed E-state index contributed by atoms with van der Waals surface area (Å²) in [6.07, 6.45) is 0.588. The summed E-state index contributed by atoms with van der Waals surface area (Å²) in [5, 5.41) is 6.38. The first-order valence-electron chi connectivity index (χ1n) is 9.32. The third-order valence-electron chi connectivity index (χ3n) is 4.84. The van der Waals surface area contributed by atoms with Crippen molar-refractivity contribution in [3.63, 3.8) is 0 Å². The van der Waals surface area contributed by atoms with Crippen molar-refractivity contribution < 1.29 is 9.59 Å². The van der Waals surface area contributed by atoms with Crippen LogP contribution in [0, 0.1) is 0 Å². The van der Waals surface area contributed by atoms with E-state index in [-0.39, 0.29) is 11.8 Å². The molecule has 1 atom stereocenters. The first kappa shape index (κ1) is 19.2. The summed E-state index contributed by atoms with van der Waals surface area (Å²) < 4.78 is 0. The molecule has 2 fully saturated rings. The van der Waals surface area contributed by atoms with Gasteiger partial charge in [0.15, 0.2) is 0 Å².